The number of carbonyl (C=O) groups is 2. The summed E-state index contributed by atoms with van der Waals surface area (Å²) in [6.45, 7) is 1.86. The highest BCUT2D eigenvalue weighted by Crippen LogP contribution is 2.28. The highest BCUT2D eigenvalue weighted by molar-refractivity contribution is 6.02. The molecule has 0 bridgehead atoms. The van der Waals surface area contributed by atoms with Crippen molar-refractivity contribution in [1.82, 2.24) is 0 Å². The first-order valence-electron chi connectivity index (χ1n) is 4.01. The summed E-state index contributed by atoms with van der Waals surface area (Å²) >= 11 is 0. The summed E-state index contributed by atoms with van der Waals surface area (Å²) in [5.41, 5.74) is 1.81. The monoisotopic (exact) mass is 176 g/mol. The number of carbonyl (C=O) groups excluding carboxylic acids is 2. The second kappa shape index (κ2) is 2.69. The van der Waals surface area contributed by atoms with Crippen LogP contribution in [0.1, 0.15) is 13.3 Å². The summed E-state index contributed by atoms with van der Waals surface area (Å²) in [5, 5.41) is 0. The van der Waals surface area contributed by atoms with Gasteiger partial charge in [-0.1, -0.05) is 5.57 Å². The van der Waals surface area contributed by atoms with Gasteiger partial charge in [0, 0.05) is 11.6 Å². The molecule has 0 radical (unpaired) electrons. The van der Waals surface area contributed by atoms with Gasteiger partial charge in [-0.2, -0.15) is 0 Å². The molecule has 0 spiro atoms. The van der Waals surface area contributed by atoms with Gasteiger partial charge in [0.2, 0.25) is 0 Å². The Kier molecular flexibility index (Phi) is 1.65. The molecule has 2 aliphatic rings. The number of fused-ring (bicyclic) bond motifs is 1. The number of ether oxygens (including phenoxy) is 1. The van der Waals surface area contributed by atoms with Gasteiger partial charge in [0.25, 0.3) is 0 Å². The lowest BCUT2D eigenvalue weighted by atomic mass is 9.97. The van der Waals surface area contributed by atoms with Crippen molar-refractivity contribution in [2.45, 2.75) is 13.3 Å². The predicted octanol–water partition coefficient (Wildman–Crippen LogP) is 1.27. The first-order chi connectivity index (χ1) is 6.16. The summed E-state index contributed by atoms with van der Waals surface area (Å²) in [6, 6.07) is 0. The highest BCUT2D eigenvalue weighted by Gasteiger charge is 2.23. The lowest BCUT2D eigenvalue weighted by molar-refractivity contribution is -0.139. The summed E-state index contributed by atoms with van der Waals surface area (Å²) in [4.78, 5) is 22.0. The van der Waals surface area contributed by atoms with Gasteiger partial charge in [0.05, 0.1) is 6.42 Å². The van der Waals surface area contributed by atoms with Crippen molar-refractivity contribution < 1.29 is 14.3 Å². The Morgan fingerprint density at radius 3 is 2.85 bits per heavy atom. The van der Waals surface area contributed by atoms with Gasteiger partial charge in [-0.25, -0.2) is 0 Å². The number of ketones is 1. The molecule has 0 amide bonds. The zero-order chi connectivity index (χ0) is 9.42. The van der Waals surface area contributed by atoms with Crippen LogP contribution in [-0.2, 0) is 14.3 Å². The molecule has 2 rings (SSSR count). The van der Waals surface area contributed by atoms with Crippen LogP contribution in [0.15, 0.2) is 35.1 Å². The quantitative estimate of drug-likeness (QED) is 0.522. The first-order valence-corrected chi connectivity index (χ1v) is 4.01. The molecule has 66 valence electrons. The molecule has 0 saturated carbocycles. The third-order valence-electron chi connectivity index (χ3n) is 2.05. The van der Waals surface area contributed by atoms with Gasteiger partial charge >= 0.3 is 5.97 Å². The summed E-state index contributed by atoms with van der Waals surface area (Å²) in [7, 11) is 0. The van der Waals surface area contributed by atoms with Crippen LogP contribution in [0.4, 0.5) is 0 Å². The van der Waals surface area contributed by atoms with Gasteiger partial charge in [-0.05, 0) is 19.1 Å². The Balaban J connectivity index is 2.50. The van der Waals surface area contributed by atoms with E-state index in [4.69, 9.17) is 4.74 Å². The molecule has 0 fully saturated rings. The summed E-state index contributed by atoms with van der Waals surface area (Å²) < 4.78 is 4.92. The molecular formula is C10H8O3. The fourth-order valence-electron chi connectivity index (χ4n) is 1.41. The van der Waals surface area contributed by atoms with Crippen LogP contribution in [-0.4, -0.2) is 11.8 Å². The van der Waals surface area contributed by atoms with E-state index in [0.717, 1.165) is 11.1 Å². The standard InChI is InChI=1S/C10H8O3/c1-6-4-10(12)13-9-5-7(11)2-3-8(6)9/h2-3,5H,4H2,1H3. The Labute approximate surface area is 75.4 Å². The largest absolute Gasteiger partial charge is 0.426 e. The van der Waals surface area contributed by atoms with Crippen molar-refractivity contribution in [2.75, 3.05) is 0 Å². The van der Waals surface area contributed by atoms with E-state index in [1.54, 1.807) is 6.08 Å². The fraction of sp³-hybridized carbons (Fsp3) is 0.200. The minimum atomic E-state index is -0.296. The van der Waals surface area contributed by atoms with Crippen LogP contribution in [0.3, 0.4) is 0 Å². The van der Waals surface area contributed by atoms with E-state index in [1.165, 1.54) is 12.2 Å². The molecule has 1 aliphatic carbocycles. The number of allylic oxidation sites excluding steroid dienone is 3. The Hall–Kier alpha value is -1.64. The predicted molar refractivity (Wildman–Crippen MR) is 45.6 cm³/mol. The second-order valence-corrected chi connectivity index (χ2v) is 3.09. The second-order valence-electron chi connectivity index (χ2n) is 3.09. The molecule has 0 aromatic rings. The maximum absolute atomic E-state index is 11.0. The van der Waals surface area contributed by atoms with E-state index < -0.39 is 0 Å². The van der Waals surface area contributed by atoms with E-state index in [2.05, 4.69) is 0 Å². The Morgan fingerprint density at radius 1 is 1.31 bits per heavy atom. The molecule has 3 nitrogen and oxygen atoms in total. The van der Waals surface area contributed by atoms with Crippen molar-refractivity contribution in [3.05, 3.63) is 35.1 Å². The zero-order valence-corrected chi connectivity index (χ0v) is 7.16. The van der Waals surface area contributed by atoms with Gasteiger partial charge in [-0.15, -0.1) is 0 Å². The van der Waals surface area contributed by atoms with E-state index in [0.29, 0.717) is 12.2 Å². The first kappa shape index (κ1) is 7.98. The van der Waals surface area contributed by atoms with Crippen LogP contribution in [0.25, 0.3) is 0 Å². The molecule has 0 atom stereocenters. The molecule has 0 N–H and O–H groups in total. The van der Waals surface area contributed by atoms with Gasteiger partial charge in [0.15, 0.2) is 5.78 Å². The Bertz CT molecular complexity index is 383. The molecule has 0 unspecified atom stereocenters. The molecule has 13 heavy (non-hydrogen) atoms. The van der Waals surface area contributed by atoms with Crippen molar-refractivity contribution in [1.29, 1.82) is 0 Å². The smallest absolute Gasteiger partial charge is 0.315 e. The fourth-order valence-corrected chi connectivity index (χ4v) is 1.41. The van der Waals surface area contributed by atoms with E-state index in [1.807, 2.05) is 6.92 Å². The van der Waals surface area contributed by atoms with Crippen LogP contribution in [0.2, 0.25) is 0 Å². The summed E-state index contributed by atoms with van der Waals surface area (Å²) in [5.74, 6) is -0.0434. The molecule has 1 heterocycles. The minimum absolute atomic E-state index is 0.138. The van der Waals surface area contributed by atoms with Crippen molar-refractivity contribution in [3.63, 3.8) is 0 Å². The van der Waals surface area contributed by atoms with E-state index in [9.17, 15) is 9.59 Å². The van der Waals surface area contributed by atoms with Crippen molar-refractivity contribution >= 4 is 11.8 Å². The lowest BCUT2D eigenvalue weighted by Gasteiger charge is -2.19. The number of esters is 1. The lowest BCUT2D eigenvalue weighted by Crippen LogP contribution is -2.16. The number of hydrogen-bond donors (Lipinski definition) is 0. The topological polar surface area (TPSA) is 43.4 Å². The van der Waals surface area contributed by atoms with E-state index in [-0.39, 0.29) is 11.8 Å². The number of hydrogen-bond acceptors (Lipinski definition) is 3. The molecule has 1 aliphatic heterocycles. The van der Waals surface area contributed by atoms with Gasteiger partial charge in [0.1, 0.15) is 5.76 Å². The molecular weight excluding hydrogens is 168 g/mol. The van der Waals surface area contributed by atoms with Crippen molar-refractivity contribution in [2.24, 2.45) is 0 Å². The van der Waals surface area contributed by atoms with Gasteiger partial charge in [-0.3, -0.25) is 9.59 Å². The highest BCUT2D eigenvalue weighted by atomic mass is 16.5. The third-order valence-corrected chi connectivity index (χ3v) is 2.05. The van der Waals surface area contributed by atoms with Crippen LogP contribution in [0.5, 0.6) is 0 Å². The van der Waals surface area contributed by atoms with Gasteiger partial charge < -0.3 is 4.74 Å². The SMILES string of the molecule is CC1=C2C=CC(=O)C=C2OC(=O)C1. The Morgan fingerprint density at radius 2 is 2.08 bits per heavy atom. The molecule has 0 aromatic carbocycles. The molecule has 0 saturated heterocycles. The summed E-state index contributed by atoms with van der Waals surface area (Å²) in [6.07, 6.45) is 4.82. The third kappa shape index (κ3) is 1.33. The van der Waals surface area contributed by atoms with Crippen LogP contribution < -0.4 is 0 Å². The average Bonchev–Trinajstić information content (AvgIpc) is 2.02. The van der Waals surface area contributed by atoms with Crippen LogP contribution in [0, 0.1) is 0 Å². The molecule has 0 aromatic heterocycles. The maximum atomic E-state index is 11.0. The minimum Gasteiger partial charge on any atom is -0.426 e. The molecule has 3 heteroatoms. The average molecular weight is 176 g/mol. The van der Waals surface area contributed by atoms with E-state index >= 15 is 0 Å². The maximum Gasteiger partial charge on any atom is 0.315 e. The zero-order valence-electron chi connectivity index (χ0n) is 7.16. The normalized spacial score (nSPS) is 21.2. The van der Waals surface area contributed by atoms with Crippen LogP contribution >= 0.6 is 0 Å². The van der Waals surface area contributed by atoms with Crippen molar-refractivity contribution in [3.8, 4) is 0 Å². The number of rotatable bonds is 0.